The Morgan fingerprint density at radius 2 is 1.78 bits per heavy atom. The van der Waals surface area contributed by atoms with Crippen LogP contribution >= 0.6 is 11.6 Å². The molecule has 0 bridgehead atoms. The summed E-state index contributed by atoms with van der Waals surface area (Å²) in [5.74, 6) is 0.640. The molecule has 2 aromatic rings. The number of rotatable bonds is 8. The summed E-state index contributed by atoms with van der Waals surface area (Å²) in [4.78, 5) is 16.3. The minimum absolute atomic E-state index is 0.0606. The van der Waals surface area contributed by atoms with Crippen LogP contribution in [0.3, 0.4) is 0 Å². The Bertz CT molecular complexity index is 763. The fourth-order valence-corrected chi connectivity index (χ4v) is 2.52. The summed E-state index contributed by atoms with van der Waals surface area (Å²) in [5.41, 5.74) is 0.979. The van der Waals surface area contributed by atoms with E-state index in [1.807, 2.05) is 27.7 Å². The molecule has 0 aliphatic carbocycles. The number of hydrogen-bond donors (Lipinski definition) is 2. The van der Waals surface area contributed by atoms with Crippen molar-refractivity contribution in [3.63, 3.8) is 0 Å². The number of ether oxygens (including phenoxy) is 2. The van der Waals surface area contributed by atoms with Gasteiger partial charge in [-0.25, -0.2) is 4.98 Å². The van der Waals surface area contributed by atoms with E-state index in [4.69, 9.17) is 21.1 Å². The van der Waals surface area contributed by atoms with Crippen LogP contribution in [0.25, 0.3) is 0 Å². The second kappa shape index (κ2) is 9.58. The molecule has 1 aromatic carbocycles. The number of hydrogen-bond acceptors (Lipinski definition) is 5. The van der Waals surface area contributed by atoms with E-state index in [1.54, 1.807) is 24.3 Å². The highest BCUT2D eigenvalue weighted by Gasteiger charge is 2.14. The van der Waals surface area contributed by atoms with Crippen LogP contribution in [-0.4, -0.2) is 34.8 Å². The first-order valence-corrected chi connectivity index (χ1v) is 9.19. The standard InChI is InChI=1S/C20H25ClN2O4/c1-12(2)26-16-7-5-14(6-8-16)18(24)11-22-19(25)15-9-17(21)20(23-10-15)27-13(3)4/h5-10,12-13,18,24H,11H2,1-4H3,(H,22,25). The van der Waals surface area contributed by atoms with Crippen LogP contribution in [-0.2, 0) is 0 Å². The molecule has 0 fully saturated rings. The Kier molecular flexibility index (Phi) is 7.45. The van der Waals surface area contributed by atoms with Gasteiger partial charge in [-0.2, -0.15) is 0 Å². The van der Waals surface area contributed by atoms with Gasteiger partial charge in [-0.15, -0.1) is 0 Å². The number of nitrogens with zero attached hydrogens (tertiary/aromatic N) is 1. The minimum atomic E-state index is -0.839. The van der Waals surface area contributed by atoms with E-state index in [9.17, 15) is 9.90 Å². The molecule has 0 saturated carbocycles. The first-order valence-electron chi connectivity index (χ1n) is 8.81. The van der Waals surface area contributed by atoms with E-state index < -0.39 is 6.10 Å². The van der Waals surface area contributed by atoms with Gasteiger partial charge in [0.05, 0.1) is 23.9 Å². The average Bonchev–Trinajstić information content (AvgIpc) is 2.61. The van der Waals surface area contributed by atoms with Crippen LogP contribution in [0.5, 0.6) is 11.6 Å². The summed E-state index contributed by atoms with van der Waals surface area (Å²) < 4.78 is 11.0. The van der Waals surface area contributed by atoms with Gasteiger partial charge in [0.1, 0.15) is 10.8 Å². The Morgan fingerprint density at radius 3 is 2.33 bits per heavy atom. The number of benzene rings is 1. The van der Waals surface area contributed by atoms with Gasteiger partial charge in [-0.1, -0.05) is 23.7 Å². The highest BCUT2D eigenvalue weighted by atomic mass is 35.5. The maximum Gasteiger partial charge on any atom is 0.253 e. The molecule has 1 atom stereocenters. The van der Waals surface area contributed by atoms with Crippen molar-refractivity contribution in [2.24, 2.45) is 0 Å². The summed E-state index contributed by atoms with van der Waals surface area (Å²) in [6.07, 6.45) is 0.567. The van der Waals surface area contributed by atoms with Crippen LogP contribution in [0.1, 0.15) is 49.7 Å². The fourth-order valence-electron chi connectivity index (χ4n) is 2.31. The number of aliphatic hydroxyl groups is 1. The monoisotopic (exact) mass is 392 g/mol. The Morgan fingerprint density at radius 1 is 1.15 bits per heavy atom. The third kappa shape index (κ3) is 6.41. The topological polar surface area (TPSA) is 80.7 Å². The van der Waals surface area contributed by atoms with Crippen LogP contribution in [0, 0.1) is 0 Å². The van der Waals surface area contributed by atoms with E-state index in [1.165, 1.54) is 12.3 Å². The molecule has 7 heteroatoms. The lowest BCUT2D eigenvalue weighted by atomic mass is 10.1. The molecule has 1 heterocycles. The lowest BCUT2D eigenvalue weighted by molar-refractivity contribution is 0.0915. The number of aliphatic hydroxyl groups excluding tert-OH is 1. The molecular weight excluding hydrogens is 368 g/mol. The molecule has 1 unspecified atom stereocenters. The second-order valence-corrected chi connectivity index (χ2v) is 7.05. The molecule has 0 radical (unpaired) electrons. The summed E-state index contributed by atoms with van der Waals surface area (Å²) in [7, 11) is 0. The molecular formula is C20H25ClN2O4. The van der Waals surface area contributed by atoms with Gasteiger partial charge in [-0.3, -0.25) is 4.79 Å². The average molecular weight is 393 g/mol. The quantitative estimate of drug-likeness (QED) is 0.714. The van der Waals surface area contributed by atoms with Crippen LogP contribution in [0.15, 0.2) is 36.5 Å². The van der Waals surface area contributed by atoms with Crippen molar-refractivity contribution in [1.29, 1.82) is 0 Å². The summed E-state index contributed by atoms with van der Waals surface area (Å²) in [5, 5.41) is 13.2. The Hall–Kier alpha value is -2.31. The van der Waals surface area contributed by atoms with Crippen molar-refractivity contribution in [3.8, 4) is 11.6 Å². The van der Waals surface area contributed by atoms with Gasteiger partial charge in [0.15, 0.2) is 0 Å². The maximum atomic E-state index is 12.3. The summed E-state index contributed by atoms with van der Waals surface area (Å²) >= 11 is 6.10. The van der Waals surface area contributed by atoms with E-state index in [-0.39, 0.29) is 35.6 Å². The van der Waals surface area contributed by atoms with Gasteiger partial charge in [0.2, 0.25) is 5.88 Å². The van der Waals surface area contributed by atoms with Crippen molar-refractivity contribution in [2.45, 2.75) is 46.0 Å². The fraction of sp³-hybridized carbons (Fsp3) is 0.400. The molecule has 0 saturated heterocycles. The SMILES string of the molecule is CC(C)Oc1ccc(C(O)CNC(=O)c2cnc(OC(C)C)c(Cl)c2)cc1. The van der Waals surface area contributed by atoms with Crippen molar-refractivity contribution in [3.05, 3.63) is 52.7 Å². The van der Waals surface area contributed by atoms with Crippen LogP contribution in [0.2, 0.25) is 5.02 Å². The maximum absolute atomic E-state index is 12.3. The number of nitrogens with one attached hydrogen (secondary N) is 1. The number of amides is 1. The molecule has 146 valence electrons. The smallest absolute Gasteiger partial charge is 0.253 e. The zero-order valence-corrected chi connectivity index (χ0v) is 16.7. The van der Waals surface area contributed by atoms with E-state index in [0.29, 0.717) is 11.1 Å². The number of carbonyl (C=O) groups excluding carboxylic acids is 1. The molecule has 1 amide bonds. The van der Waals surface area contributed by atoms with Crippen molar-refractivity contribution >= 4 is 17.5 Å². The minimum Gasteiger partial charge on any atom is -0.491 e. The first-order chi connectivity index (χ1) is 12.8. The van der Waals surface area contributed by atoms with Crippen LogP contribution < -0.4 is 14.8 Å². The number of carbonyl (C=O) groups is 1. The predicted molar refractivity (Wildman–Crippen MR) is 105 cm³/mol. The molecule has 2 N–H and O–H groups in total. The van der Waals surface area contributed by atoms with Gasteiger partial charge >= 0.3 is 0 Å². The Labute approximate surface area is 164 Å². The molecule has 0 spiro atoms. The van der Waals surface area contributed by atoms with Crippen molar-refractivity contribution in [2.75, 3.05) is 6.54 Å². The lowest BCUT2D eigenvalue weighted by Gasteiger charge is -2.15. The lowest BCUT2D eigenvalue weighted by Crippen LogP contribution is -2.28. The van der Waals surface area contributed by atoms with E-state index >= 15 is 0 Å². The Balaban J connectivity index is 1.93. The molecule has 2 rings (SSSR count). The van der Waals surface area contributed by atoms with E-state index in [2.05, 4.69) is 10.3 Å². The number of aromatic nitrogens is 1. The van der Waals surface area contributed by atoms with Gasteiger partial charge in [0, 0.05) is 12.7 Å². The first kappa shape index (κ1) is 21.0. The van der Waals surface area contributed by atoms with Crippen LogP contribution in [0.4, 0.5) is 0 Å². The zero-order chi connectivity index (χ0) is 20.0. The molecule has 27 heavy (non-hydrogen) atoms. The zero-order valence-electron chi connectivity index (χ0n) is 15.9. The van der Waals surface area contributed by atoms with Crippen molar-refractivity contribution < 1.29 is 19.4 Å². The second-order valence-electron chi connectivity index (χ2n) is 6.64. The molecule has 0 aliphatic heterocycles. The van der Waals surface area contributed by atoms with Gasteiger partial charge < -0.3 is 19.9 Å². The van der Waals surface area contributed by atoms with Crippen molar-refractivity contribution in [1.82, 2.24) is 10.3 Å². The van der Waals surface area contributed by atoms with Gasteiger partial charge in [0.25, 0.3) is 5.91 Å². The predicted octanol–water partition coefficient (Wildman–Crippen LogP) is 3.77. The van der Waals surface area contributed by atoms with E-state index in [0.717, 1.165) is 5.75 Å². The van der Waals surface area contributed by atoms with Gasteiger partial charge in [-0.05, 0) is 51.5 Å². The highest BCUT2D eigenvalue weighted by Crippen LogP contribution is 2.23. The third-order valence-electron chi connectivity index (χ3n) is 3.51. The number of pyridine rings is 1. The summed E-state index contributed by atoms with van der Waals surface area (Å²) in [6.45, 7) is 7.68. The molecule has 0 aliphatic rings. The normalized spacial score (nSPS) is 12.1. The molecule has 1 aromatic heterocycles. The number of halogens is 1. The third-order valence-corrected chi connectivity index (χ3v) is 3.78. The molecule has 6 nitrogen and oxygen atoms in total. The summed E-state index contributed by atoms with van der Waals surface area (Å²) in [6, 6.07) is 8.61. The largest absolute Gasteiger partial charge is 0.491 e. The highest BCUT2D eigenvalue weighted by molar-refractivity contribution is 6.32.